The maximum atomic E-state index is 14.7. The molecule has 0 spiro atoms. The standard InChI is InChI=1S/C26H31FN6O5S/c1-4-5-16-11-28-26(29-12-16)33-17-8-19(9-18(33)14-37-13-17)38-25-23(36-2)24(30-15-31-25)32-22-7-6-20(10-21(22)27)39(3,34)35/h6-7,10-12,15,17-19H,4-5,8-9,13-14H2,1-3H3,(H,30,31,32)/t17-,18?,19?/m0/s1. The molecule has 0 amide bonds. The lowest BCUT2D eigenvalue weighted by molar-refractivity contribution is 0.00617. The Morgan fingerprint density at radius 3 is 2.46 bits per heavy atom. The van der Waals surface area contributed by atoms with E-state index in [4.69, 9.17) is 14.2 Å². The minimum Gasteiger partial charge on any atom is -0.489 e. The molecule has 3 aromatic rings. The summed E-state index contributed by atoms with van der Waals surface area (Å²) in [4.78, 5) is 19.8. The van der Waals surface area contributed by atoms with Crippen LogP contribution in [-0.2, 0) is 21.0 Å². The van der Waals surface area contributed by atoms with Crippen LogP contribution in [-0.4, -0.2) is 73.1 Å². The topological polar surface area (TPSA) is 129 Å². The number of nitrogens with one attached hydrogen (secondary N) is 1. The Balaban J connectivity index is 1.32. The van der Waals surface area contributed by atoms with Crippen LogP contribution in [0.4, 0.5) is 21.8 Å². The van der Waals surface area contributed by atoms with Crippen molar-refractivity contribution in [3.63, 3.8) is 0 Å². The van der Waals surface area contributed by atoms with E-state index in [1.807, 2.05) is 12.4 Å². The molecule has 3 atom stereocenters. The second-order valence-corrected chi connectivity index (χ2v) is 11.7. The SMILES string of the molecule is CCCc1cnc(N2C3COC[C@@H]2CC(Oc2ncnc(Nc4ccc(S(C)(=O)=O)cc4F)c2OC)C3)nc1. The van der Waals surface area contributed by atoms with Gasteiger partial charge in [0.05, 0.1) is 43.0 Å². The molecule has 4 heterocycles. The summed E-state index contributed by atoms with van der Waals surface area (Å²) >= 11 is 0. The van der Waals surface area contributed by atoms with Crippen molar-refractivity contribution >= 4 is 27.3 Å². The second-order valence-electron chi connectivity index (χ2n) is 9.70. The highest BCUT2D eigenvalue weighted by molar-refractivity contribution is 7.90. The first-order valence-corrected chi connectivity index (χ1v) is 14.6. The molecular formula is C26H31FN6O5S. The molecule has 39 heavy (non-hydrogen) atoms. The van der Waals surface area contributed by atoms with Crippen LogP contribution in [0.25, 0.3) is 0 Å². The zero-order valence-electron chi connectivity index (χ0n) is 22.0. The summed E-state index contributed by atoms with van der Waals surface area (Å²) in [6, 6.07) is 3.68. The number of aryl methyl sites for hydroxylation is 1. The molecule has 1 aromatic carbocycles. The van der Waals surface area contributed by atoms with Crippen molar-refractivity contribution in [3.8, 4) is 11.6 Å². The van der Waals surface area contributed by atoms with E-state index in [2.05, 4.69) is 37.1 Å². The van der Waals surface area contributed by atoms with Crippen molar-refractivity contribution in [1.29, 1.82) is 0 Å². The van der Waals surface area contributed by atoms with Crippen LogP contribution >= 0.6 is 0 Å². The van der Waals surface area contributed by atoms with Gasteiger partial charge in [-0.15, -0.1) is 0 Å². The average Bonchev–Trinajstić information content (AvgIpc) is 2.90. The molecule has 2 aliphatic heterocycles. The van der Waals surface area contributed by atoms with E-state index < -0.39 is 15.7 Å². The van der Waals surface area contributed by atoms with E-state index in [1.165, 1.54) is 25.6 Å². The van der Waals surface area contributed by atoms with Gasteiger partial charge in [-0.2, -0.15) is 4.98 Å². The number of hydrogen-bond acceptors (Lipinski definition) is 11. The summed E-state index contributed by atoms with van der Waals surface area (Å²) < 4.78 is 55.8. The lowest BCUT2D eigenvalue weighted by Crippen LogP contribution is -2.59. The number of hydrogen-bond donors (Lipinski definition) is 1. The number of piperidine rings is 1. The van der Waals surface area contributed by atoms with E-state index >= 15 is 0 Å². The van der Waals surface area contributed by atoms with Gasteiger partial charge in [-0.05, 0) is 30.2 Å². The lowest BCUT2D eigenvalue weighted by atomic mass is 9.92. The molecule has 5 rings (SSSR count). The highest BCUT2D eigenvalue weighted by atomic mass is 32.2. The summed E-state index contributed by atoms with van der Waals surface area (Å²) in [6.07, 6.45) is 9.23. The first-order chi connectivity index (χ1) is 18.8. The molecule has 2 fully saturated rings. The Labute approximate surface area is 226 Å². The molecule has 0 saturated carbocycles. The summed E-state index contributed by atoms with van der Waals surface area (Å²) in [6.45, 7) is 3.20. The predicted octanol–water partition coefficient (Wildman–Crippen LogP) is 3.33. The largest absolute Gasteiger partial charge is 0.489 e. The molecule has 2 saturated heterocycles. The van der Waals surface area contributed by atoms with Crippen molar-refractivity contribution in [2.45, 2.75) is 55.7 Å². The van der Waals surface area contributed by atoms with Crippen LogP contribution in [0.5, 0.6) is 11.6 Å². The van der Waals surface area contributed by atoms with Gasteiger partial charge in [-0.25, -0.2) is 27.8 Å². The summed E-state index contributed by atoms with van der Waals surface area (Å²) in [7, 11) is -2.09. The highest BCUT2D eigenvalue weighted by Gasteiger charge is 2.41. The fourth-order valence-corrected chi connectivity index (χ4v) is 5.65. The van der Waals surface area contributed by atoms with Crippen LogP contribution < -0.4 is 19.7 Å². The van der Waals surface area contributed by atoms with Gasteiger partial charge >= 0.3 is 0 Å². The van der Waals surface area contributed by atoms with Gasteiger partial charge in [-0.1, -0.05) is 13.3 Å². The smallest absolute Gasteiger partial charge is 0.262 e. The molecule has 2 aliphatic rings. The molecule has 0 radical (unpaired) electrons. The van der Waals surface area contributed by atoms with Crippen LogP contribution in [0.15, 0.2) is 41.8 Å². The van der Waals surface area contributed by atoms with Crippen molar-refractivity contribution in [2.75, 3.05) is 36.8 Å². The van der Waals surface area contributed by atoms with E-state index in [1.54, 1.807) is 0 Å². The van der Waals surface area contributed by atoms with Crippen LogP contribution in [0.2, 0.25) is 0 Å². The molecule has 208 valence electrons. The molecule has 2 unspecified atom stereocenters. The molecular weight excluding hydrogens is 527 g/mol. The predicted molar refractivity (Wildman–Crippen MR) is 142 cm³/mol. The molecule has 2 bridgehead atoms. The van der Waals surface area contributed by atoms with Gasteiger partial charge in [0, 0.05) is 31.5 Å². The van der Waals surface area contributed by atoms with E-state index in [0.29, 0.717) is 32.0 Å². The number of sulfone groups is 1. The van der Waals surface area contributed by atoms with Crippen LogP contribution in [0, 0.1) is 5.82 Å². The Bertz CT molecular complexity index is 1410. The Morgan fingerprint density at radius 2 is 1.85 bits per heavy atom. The maximum absolute atomic E-state index is 14.7. The van der Waals surface area contributed by atoms with Gasteiger partial charge in [-0.3, -0.25) is 0 Å². The fourth-order valence-electron chi connectivity index (χ4n) is 5.01. The third kappa shape index (κ3) is 5.88. The monoisotopic (exact) mass is 558 g/mol. The lowest BCUT2D eigenvalue weighted by Gasteiger charge is -2.48. The van der Waals surface area contributed by atoms with Crippen LogP contribution in [0.3, 0.4) is 0 Å². The fraction of sp³-hybridized carbons (Fsp3) is 0.462. The number of aromatic nitrogens is 4. The number of nitrogens with zero attached hydrogens (tertiary/aromatic N) is 5. The number of rotatable bonds is 9. The van der Waals surface area contributed by atoms with E-state index in [9.17, 15) is 12.8 Å². The van der Waals surface area contributed by atoms with Crippen molar-refractivity contribution in [3.05, 3.63) is 48.3 Å². The first kappa shape index (κ1) is 27.0. The van der Waals surface area contributed by atoms with Crippen molar-refractivity contribution in [2.24, 2.45) is 0 Å². The highest BCUT2D eigenvalue weighted by Crippen LogP contribution is 2.38. The maximum Gasteiger partial charge on any atom is 0.262 e. The Kier molecular flexibility index (Phi) is 7.80. The minimum atomic E-state index is -3.54. The van der Waals surface area contributed by atoms with Gasteiger partial charge in [0.1, 0.15) is 18.2 Å². The second kappa shape index (κ2) is 11.3. The molecule has 13 heteroatoms. The number of anilines is 3. The minimum absolute atomic E-state index is 0.0346. The quantitative estimate of drug-likeness (QED) is 0.415. The molecule has 0 aliphatic carbocycles. The number of benzene rings is 1. The van der Waals surface area contributed by atoms with Crippen molar-refractivity contribution < 1.29 is 27.0 Å². The van der Waals surface area contributed by atoms with Crippen molar-refractivity contribution in [1.82, 2.24) is 19.9 Å². The zero-order chi connectivity index (χ0) is 27.6. The van der Waals surface area contributed by atoms with Crippen LogP contribution in [0.1, 0.15) is 31.7 Å². The zero-order valence-corrected chi connectivity index (χ0v) is 22.8. The number of methoxy groups -OCH3 is 1. The number of halogens is 1. The Morgan fingerprint density at radius 1 is 1.13 bits per heavy atom. The average molecular weight is 559 g/mol. The molecule has 2 aromatic heterocycles. The number of ether oxygens (including phenoxy) is 3. The summed E-state index contributed by atoms with van der Waals surface area (Å²) in [5.41, 5.74) is 1.16. The molecule has 1 N–H and O–H groups in total. The summed E-state index contributed by atoms with van der Waals surface area (Å²) in [5.74, 6) is 0.575. The molecule has 11 nitrogen and oxygen atoms in total. The van der Waals surface area contributed by atoms with E-state index in [0.717, 1.165) is 30.7 Å². The summed E-state index contributed by atoms with van der Waals surface area (Å²) in [5, 5.41) is 2.86. The van der Waals surface area contributed by atoms with Gasteiger partial charge in [0.15, 0.2) is 15.7 Å². The Hall–Kier alpha value is -3.58. The van der Waals surface area contributed by atoms with Gasteiger partial charge < -0.3 is 24.4 Å². The first-order valence-electron chi connectivity index (χ1n) is 12.8. The van der Waals surface area contributed by atoms with Gasteiger partial charge in [0.2, 0.25) is 11.7 Å². The number of fused-ring (bicyclic) bond motifs is 2. The van der Waals surface area contributed by atoms with Gasteiger partial charge in [0.25, 0.3) is 5.88 Å². The van der Waals surface area contributed by atoms with E-state index in [-0.39, 0.29) is 46.2 Å². The third-order valence-corrected chi connectivity index (χ3v) is 7.92. The number of morpholine rings is 1. The third-order valence-electron chi connectivity index (χ3n) is 6.81. The normalized spacial score (nSPS) is 20.9.